The maximum Gasteiger partial charge on any atom is 0.268 e. The van der Waals surface area contributed by atoms with Gasteiger partial charge in [0, 0.05) is 42.3 Å². The quantitative estimate of drug-likeness (QED) is 0.575. The molecule has 6 heteroatoms. The van der Waals surface area contributed by atoms with Gasteiger partial charge < -0.3 is 14.3 Å². The lowest BCUT2D eigenvalue weighted by atomic mass is 10.1. The number of nitrogens with zero attached hydrogens (tertiary/aromatic N) is 3. The molecule has 4 rings (SSSR count). The minimum Gasteiger partial charge on any atom is -0.465 e. The van der Waals surface area contributed by atoms with Crippen molar-refractivity contribution in [2.24, 2.45) is 7.05 Å². The Morgan fingerprint density at radius 1 is 1.04 bits per heavy atom. The summed E-state index contributed by atoms with van der Waals surface area (Å²) in [6.45, 7) is 2.22. The van der Waals surface area contributed by atoms with Gasteiger partial charge in [0.25, 0.3) is 5.91 Å². The van der Waals surface area contributed by atoms with Crippen LogP contribution in [0.4, 0.5) is 0 Å². The number of benzene rings is 1. The first-order chi connectivity index (χ1) is 13.6. The predicted octanol–water partition coefficient (Wildman–Crippen LogP) is 3.98. The van der Waals surface area contributed by atoms with Crippen molar-refractivity contribution >= 4 is 5.91 Å². The maximum absolute atomic E-state index is 12.5. The van der Waals surface area contributed by atoms with E-state index in [2.05, 4.69) is 15.3 Å². The smallest absolute Gasteiger partial charge is 0.268 e. The number of aryl methyl sites for hydroxylation is 2. The molecular formula is C22H20N4O2. The lowest BCUT2D eigenvalue weighted by molar-refractivity contribution is 0.0939. The topological polar surface area (TPSA) is 73.0 Å². The number of rotatable bonds is 5. The van der Waals surface area contributed by atoms with E-state index in [-0.39, 0.29) is 5.91 Å². The van der Waals surface area contributed by atoms with Crippen molar-refractivity contribution in [2.45, 2.75) is 13.5 Å². The van der Waals surface area contributed by atoms with E-state index < -0.39 is 0 Å². The molecule has 1 aromatic carbocycles. The molecule has 3 heterocycles. The molecule has 0 unspecified atom stereocenters. The molecule has 0 atom stereocenters. The third kappa shape index (κ3) is 3.71. The van der Waals surface area contributed by atoms with E-state index in [1.165, 1.54) is 0 Å². The Morgan fingerprint density at radius 3 is 2.46 bits per heavy atom. The first-order valence-electron chi connectivity index (χ1n) is 8.98. The Bertz CT molecular complexity index is 1100. The minimum atomic E-state index is -0.162. The highest BCUT2D eigenvalue weighted by molar-refractivity contribution is 5.94. The van der Waals surface area contributed by atoms with Gasteiger partial charge in [0.2, 0.25) is 0 Å². The van der Waals surface area contributed by atoms with Gasteiger partial charge in [-0.3, -0.25) is 4.79 Å². The third-order valence-corrected chi connectivity index (χ3v) is 4.47. The second kappa shape index (κ2) is 7.52. The molecule has 0 fully saturated rings. The van der Waals surface area contributed by atoms with Crippen LogP contribution in [0, 0.1) is 6.92 Å². The van der Waals surface area contributed by atoms with Crippen LogP contribution in [-0.4, -0.2) is 20.4 Å². The largest absolute Gasteiger partial charge is 0.465 e. The normalized spacial score (nSPS) is 10.8. The summed E-state index contributed by atoms with van der Waals surface area (Å²) < 4.78 is 7.28. The van der Waals surface area contributed by atoms with E-state index in [0.717, 1.165) is 28.2 Å². The number of nitrogens with one attached hydrogen (secondary N) is 1. The van der Waals surface area contributed by atoms with Crippen molar-refractivity contribution in [2.75, 3.05) is 0 Å². The van der Waals surface area contributed by atoms with Crippen LogP contribution in [0.2, 0.25) is 0 Å². The van der Waals surface area contributed by atoms with Crippen molar-refractivity contribution in [3.63, 3.8) is 0 Å². The van der Waals surface area contributed by atoms with Crippen molar-refractivity contribution in [3.8, 4) is 22.5 Å². The van der Waals surface area contributed by atoms with E-state index in [1.807, 2.05) is 68.7 Å². The van der Waals surface area contributed by atoms with Gasteiger partial charge in [-0.25, -0.2) is 9.97 Å². The number of hydrogen-bond donors (Lipinski definition) is 1. The molecule has 0 aliphatic carbocycles. The van der Waals surface area contributed by atoms with E-state index >= 15 is 0 Å². The molecule has 0 radical (unpaired) electrons. The average molecular weight is 372 g/mol. The Hall–Kier alpha value is -3.67. The molecule has 0 aliphatic rings. The van der Waals surface area contributed by atoms with Gasteiger partial charge >= 0.3 is 0 Å². The Kier molecular flexibility index (Phi) is 4.76. The summed E-state index contributed by atoms with van der Waals surface area (Å²) >= 11 is 0. The average Bonchev–Trinajstić information content (AvgIpc) is 3.32. The van der Waals surface area contributed by atoms with Crippen LogP contribution in [0.15, 0.2) is 71.5 Å². The Labute approximate surface area is 162 Å². The van der Waals surface area contributed by atoms with Crippen molar-refractivity contribution in [1.82, 2.24) is 19.9 Å². The van der Waals surface area contributed by atoms with Crippen LogP contribution >= 0.6 is 0 Å². The SMILES string of the molecule is Cc1ccc(CNC(=O)c2cc(-c3cnc(-c4ccccc4)nc3)cn2C)o1. The molecule has 1 N–H and O–H groups in total. The van der Waals surface area contributed by atoms with Gasteiger partial charge in [0.15, 0.2) is 5.82 Å². The highest BCUT2D eigenvalue weighted by Gasteiger charge is 2.14. The van der Waals surface area contributed by atoms with Crippen LogP contribution in [0.25, 0.3) is 22.5 Å². The van der Waals surface area contributed by atoms with Crippen LogP contribution in [0.5, 0.6) is 0 Å². The second-order valence-corrected chi connectivity index (χ2v) is 6.58. The van der Waals surface area contributed by atoms with Gasteiger partial charge in [-0.1, -0.05) is 30.3 Å². The lowest BCUT2D eigenvalue weighted by Gasteiger charge is -2.04. The first kappa shape index (κ1) is 17.7. The molecule has 28 heavy (non-hydrogen) atoms. The fraction of sp³-hybridized carbons (Fsp3) is 0.136. The zero-order valence-corrected chi connectivity index (χ0v) is 15.7. The fourth-order valence-electron chi connectivity index (χ4n) is 3.00. The third-order valence-electron chi connectivity index (χ3n) is 4.47. The molecule has 4 aromatic rings. The van der Waals surface area contributed by atoms with Crippen LogP contribution < -0.4 is 5.32 Å². The second-order valence-electron chi connectivity index (χ2n) is 6.58. The van der Waals surface area contributed by atoms with Crippen molar-refractivity contribution < 1.29 is 9.21 Å². The summed E-state index contributed by atoms with van der Waals surface area (Å²) in [5.41, 5.74) is 3.28. The number of hydrogen-bond acceptors (Lipinski definition) is 4. The maximum atomic E-state index is 12.5. The Balaban J connectivity index is 1.50. The summed E-state index contributed by atoms with van der Waals surface area (Å²) in [6.07, 6.45) is 5.45. The summed E-state index contributed by atoms with van der Waals surface area (Å²) in [5, 5.41) is 2.88. The van der Waals surface area contributed by atoms with E-state index in [1.54, 1.807) is 17.0 Å². The first-order valence-corrected chi connectivity index (χ1v) is 8.98. The number of carbonyl (C=O) groups excluding carboxylic acids is 1. The lowest BCUT2D eigenvalue weighted by Crippen LogP contribution is -2.24. The van der Waals surface area contributed by atoms with Gasteiger partial charge in [-0.2, -0.15) is 0 Å². The van der Waals surface area contributed by atoms with Gasteiger partial charge in [0.1, 0.15) is 17.2 Å². The molecular weight excluding hydrogens is 352 g/mol. The molecule has 0 bridgehead atoms. The van der Waals surface area contributed by atoms with Gasteiger partial charge in [-0.05, 0) is 25.1 Å². The summed E-state index contributed by atoms with van der Waals surface area (Å²) in [6, 6.07) is 15.4. The van der Waals surface area contributed by atoms with Crippen LogP contribution in [-0.2, 0) is 13.6 Å². The van der Waals surface area contributed by atoms with Crippen molar-refractivity contribution in [3.05, 3.63) is 84.3 Å². The number of carbonyl (C=O) groups is 1. The van der Waals surface area contributed by atoms with Crippen LogP contribution in [0.1, 0.15) is 22.0 Å². The highest BCUT2D eigenvalue weighted by Crippen LogP contribution is 2.22. The number of aromatic nitrogens is 3. The van der Waals surface area contributed by atoms with E-state index in [9.17, 15) is 4.79 Å². The predicted molar refractivity (Wildman–Crippen MR) is 106 cm³/mol. The number of furan rings is 1. The fourth-order valence-corrected chi connectivity index (χ4v) is 3.00. The molecule has 3 aromatic heterocycles. The molecule has 0 spiro atoms. The number of amides is 1. The molecule has 1 amide bonds. The molecule has 140 valence electrons. The standard InChI is InChI=1S/C22H20N4O2/c1-15-8-9-19(28-15)13-25-22(27)20-10-17(14-26(20)2)18-11-23-21(24-12-18)16-6-4-3-5-7-16/h3-12,14H,13H2,1-2H3,(H,25,27). The van der Waals surface area contributed by atoms with Gasteiger partial charge in [-0.15, -0.1) is 0 Å². The molecule has 0 saturated heterocycles. The zero-order valence-electron chi connectivity index (χ0n) is 15.7. The van der Waals surface area contributed by atoms with Crippen molar-refractivity contribution in [1.29, 1.82) is 0 Å². The molecule has 0 saturated carbocycles. The highest BCUT2D eigenvalue weighted by atomic mass is 16.3. The van der Waals surface area contributed by atoms with E-state index in [0.29, 0.717) is 18.1 Å². The zero-order chi connectivity index (χ0) is 19.5. The summed E-state index contributed by atoms with van der Waals surface area (Å²) in [7, 11) is 1.84. The summed E-state index contributed by atoms with van der Waals surface area (Å²) in [5.74, 6) is 2.06. The van der Waals surface area contributed by atoms with Gasteiger partial charge in [0.05, 0.1) is 6.54 Å². The minimum absolute atomic E-state index is 0.162. The Morgan fingerprint density at radius 2 is 1.79 bits per heavy atom. The monoisotopic (exact) mass is 372 g/mol. The molecule has 6 nitrogen and oxygen atoms in total. The van der Waals surface area contributed by atoms with E-state index in [4.69, 9.17) is 4.42 Å². The molecule has 0 aliphatic heterocycles. The van der Waals surface area contributed by atoms with Crippen LogP contribution in [0.3, 0.4) is 0 Å². The summed E-state index contributed by atoms with van der Waals surface area (Å²) in [4.78, 5) is 21.4.